The van der Waals surface area contributed by atoms with Crippen LogP contribution in [-0.2, 0) is 28.6 Å². The Morgan fingerprint density at radius 1 is 0.652 bits per heavy atom. The van der Waals surface area contributed by atoms with E-state index in [1.807, 2.05) is 20.8 Å². The molecule has 0 radical (unpaired) electrons. The zero-order valence-electron chi connectivity index (χ0n) is 14.8. The molecular weight excluding hydrogens is 300 g/mol. The first kappa shape index (κ1) is 21.4. The minimum Gasteiger partial charge on any atom is -0.465 e. The van der Waals surface area contributed by atoms with Crippen LogP contribution < -0.4 is 0 Å². The number of rotatable bonds is 12. The molecule has 0 aromatic rings. The highest BCUT2D eigenvalue weighted by molar-refractivity contribution is 5.70. The van der Waals surface area contributed by atoms with Crippen LogP contribution in [0, 0.1) is 5.41 Å². The summed E-state index contributed by atoms with van der Waals surface area (Å²) in [7, 11) is 0. The fourth-order valence-electron chi connectivity index (χ4n) is 1.72. The molecule has 0 atom stereocenters. The van der Waals surface area contributed by atoms with Crippen LogP contribution in [0.5, 0.6) is 0 Å². The van der Waals surface area contributed by atoms with E-state index >= 15 is 0 Å². The largest absolute Gasteiger partial charge is 0.465 e. The van der Waals surface area contributed by atoms with Crippen molar-refractivity contribution in [2.45, 2.75) is 66.2 Å². The lowest BCUT2D eigenvalue weighted by atomic mass is 9.94. The van der Waals surface area contributed by atoms with Crippen molar-refractivity contribution in [2.75, 3.05) is 19.8 Å². The van der Waals surface area contributed by atoms with Crippen molar-refractivity contribution in [3.05, 3.63) is 0 Å². The molecule has 23 heavy (non-hydrogen) atoms. The predicted octanol–water partition coefficient (Wildman–Crippen LogP) is 3.02. The van der Waals surface area contributed by atoms with Gasteiger partial charge in [0.05, 0.1) is 5.41 Å². The summed E-state index contributed by atoms with van der Waals surface area (Å²) in [5.41, 5.74) is -0.740. The second-order valence-corrected chi connectivity index (χ2v) is 6.04. The van der Waals surface area contributed by atoms with E-state index in [-0.39, 0.29) is 37.7 Å². The first-order valence-corrected chi connectivity index (χ1v) is 8.33. The molecule has 0 unspecified atom stereocenters. The summed E-state index contributed by atoms with van der Waals surface area (Å²) >= 11 is 0. The van der Waals surface area contributed by atoms with Crippen molar-refractivity contribution in [1.82, 2.24) is 0 Å². The van der Waals surface area contributed by atoms with Gasteiger partial charge in [-0.05, 0) is 26.2 Å². The van der Waals surface area contributed by atoms with Gasteiger partial charge in [-0.1, -0.05) is 20.8 Å². The second kappa shape index (κ2) is 11.9. The lowest BCUT2D eigenvalue weighted by molar-refractivity contribution is -0.160. The van der Waals surface area contributed by atoms with Crippen molar-refractivity contribution in [2.24, 2.45) is 5.41 Å². The van der Waals surface area contributed by atoms with Crippen LogP contribution in [0.15, 0.2) is 0 Å². The molecule has 6 heteroatoms. The van der Waals surface area contributed by atoms with Crippen LogP contribution in [0.1, 0.15) is 66.2 Å². The third-order valence-corrected chi connectivity index (χ3v) is 3.11. The van der Waals surface area contributed by atoms with Gasteiger partial charge in [0.15, 0.2) is 0 Å². The van der Waals surface area contributed by atoms with Gasteiger partial charge >= 0.3 is 17.9 Å². The summed E-state index contributed by atoms with van der Waals surface area (Å²) in [6.07, 6.45) is 3.11. The molecule has 0 amide bonds. The van der Waals surface area contributed by atoms with E-state index in [0.717, 1.165) is 0 Å². The van der Waals surface area contributed by atoms with Gasteiger partial charge in [0.1, 0.15) is 19.8 Å². The van der Waals surface area contributed by atoms with Crippen LogP contribution in [0.2, 0.25) is 0 Å². The third kappa shape index (κ3) is 10.7. The van der Waals surface area contributed by atoms with Gasteiger partial charge in [0, 0.05) is 19.3 Å². The Morgan fingerprint density at radius 3 is 1.13 bits per heavy atom. The lowest BCUT2D eigenvalue weighted by Gasteiger charge is -2.28. The number of carbonyl (C=O) groups excluding carboxylic acids is 3. The molecule has 0 aliphatic heterocycles. The van der Waals surface area contributed by atoms with Gasteiger partial charge in [0.25, 0.3) is 0 Å². The molecule has 0 aromatic carbocycles. The van der Waals surface area contributed by atoms with Crippen molar-refractivity contribution in [3.63, 3.8) is 0 Å². The molecule has 0 spiro atoms. The summed E-state index contributed by atoms with van der Waals surface area (Å²) in [6.45, 7) is 7.57. The third-order valence-electron chi connectivity index (χ3n) is 3.11. The van der Waals surface area contributed by atoms with Crippen LogP contribution in [0.25, 0.3) is 0 Å². The topological polar surface area (TPSA) is 78.9 Å². The Balaban J connectivity index is 4.58. The SMILES string of the molecule is CCCC(=O)OCC(C)(COC(=O)CCC)COC(=O)CCC. The van der Waals surface area contributed by atoms with Gasteiger partial charge < -0.3 is 14.2 Å². The quantitative estimate of drug-likeness (QED) is 0.404. The first-order chi connectivity index (χ1) is 10.9. The van der Waals surface area contributed by atoms with Gasteiger partial charge in [-0.3, -0.25) is 14.4 Å². The molecule has 0 N–H and O–H groups in total. The standard InChI is InChI=1S/C17H30O6/c1-5-8-14(18)21-11-17(4,12-22-15(19)9-6-2)13-23-16(20)10-7-3/h5-13H2,1-4H3. The van der Waals surface area contributed by atoms with E-state index in [4.69, 9.17) is 14.2 Å². The fraction of sp³-hybridized carbons (Fsp3) is 0.824. The minimum atomic E-state index is -0.740. The van der Waals surface area contributed by atoms with Crippen molar-refractivity contribution in [3.8, 4) is 0 Å². The Morgan fingerprint density at radius 2 is 0.913 bits per heavy atom. The fourth-order valence-corrected chi connectivity index (χ4v) is 1.72. The van der Waals surface area contributed by atoms with Crippen LogP contribution in [0.3, 0.4) is 0 Å². The molecule has 0 heterocycles. The second-order valence-electron chi connectivity index (χ2n) is 6.04. The highest BCUT2D eigenvalue weighted by Gasteiger charge is 2.30. The zero-order chi connectivity index (χ0) is 17.7. The van der Waals surface area contributed by atoms with Gasteiger partial charge in [0.2, 0.25) is 0 Å². The maximum absolute atomic E-state index is 11.5. The van der Waals surface area contributed by atoms with Gasteiger partial charge in [-0.25, -0.2) is 0 Å². The molecule has 0 bridgehead atoms. The normalized spacial score (nSPS) is 11.0. The zero-order valence-corrected chi connectivity index (χ0v) is 14.8. The number of ether oxygens (including phenoxy) is 3. The minimum absolute atomic E-state index is 0.0463. The van der Waals surface area contributed by atoms with Gasteiger partial charge in [-0.15, -0.1) is 0 Å². The monoisotopic (exact) mass is 330 g/mol. The van der Waals surface area contributed by atoms with Crippen LogP contribution in [-0.4, -0.2) is 37.7 Å². The first-order valence-electron chi connectivity index (χ1n) is 8.33. The summed E-state index contributed by atoms with van der Waals surface area (Å²) < 4.78 is 15.6. The van der Waals surface area contributed by atoms with E-state index in [1.54, 1.807) is 6.92 Å². The van der Waals surface area contributed by atoms with Crippen molar-refractivity contribution >= 4 is 17.9 Å². The van der Waals surface area contributed by atoms with Gasteiger partial charge in [-0.2, -0.15) is 0 Å². The number of hydrogen-bond donors (Lipinski definition) is 0. The summed E-state index contributed by atoms with van der Waals surface area (Å²) in [5.74, 6) is -0.921. The van der Waals surface area contributed by atoms with E-state index in [9.17, 15) is 14.4 Å². The molecule has 0 saturated carbocycles. The summed E-state index contributed by atoms with van der Waals surface area (Å²) in [5, 5.41) is 0. The summed E-state index contributed by atoms with van der Waals surface area (Å²) in [4.78, 5) is 34.6. The molecule has 0 aromatic heterocycles. The molecule has 0 aliphatic carbocycles. The molecule has 0 saturated heterocycles. The molecular formula is C17H30O6. The molecule has 0 fully saturated rings. The van der Waals surface area contributed by atoms with Crippen molar-refractivity contribution < 1.29 is 28.6 Å². The average molecular weight is 330 g/mol. The molecule has 0 rings (SSSR count). The van der Waals surface area contributed by atoms with E-state index in [1.165, 1.54) is 0 Å². The average Bonchev–Trinajstić information content (AvgIpc) is 2.50. The smallest absolute Gasteiger partial charge is 0.305 e. The van der Waals surface area contributed by atoms with Crippen LogP contribution >= 0.6 is 0 Å². The number of esters is 3. The Bertz CT molecular complexity index is 322. The van der Waals surface area contributed by atoms with E-state index in [2.05, 4.69) is 0 Å². The lowest BCUT2D eigenvalue weighted by Crippen LogP contribution is -2.36. The Hall–Kier alpha value is -1.59. The maximum Gasteiger partial charge on any atom is 0.305 e. The highest BCUT2D eigenvalue weighted by atomic mass is 16.6. The molecule has 134 valence electrons. The van der Waals surface area contributed by atoms with Crippen LogP contribution in [0.4, 0.5) is 0 Å². The Kier molecular flexibility index (Phi) is 11.1. The van der Waals surface area contributed by atoms with E-state index < -0.39 is 5.41 Å². The molecule has 6 nitrogen and oxygen atoms in total. The Labute approximate surface area is 138 Å². The highest BCUT2D eigenvalue weighted by Crippen LogP contribution is 2.20. The number of hydrogen-bond acceptors (Lipinski definition) is 6. The predicted molar refractivity (Wildman–Crippen MR) is 85.7 cm³/mol. The maximum atomic E-state index is 11.5. The molecule has 0 aliphatic rings. The van der Waals surface area contributed by atoms with Crippen molar-refractivity contribution in [1.29, 1.82) is 0 Å². The van der Waals surface area contributed by atoms with E-state index in [0.29, 0.717) is 38.5 Å². The number of carbonyl (C=O) groups is 3. The summed E-state index contributed by atoms with van der Waals surface area (Å²) in [6, 6.07) is 0.